The molecule has 0 radical (unpaired) electrons. The summed E-state index contributed by atoms with van der Waals surface area (Å²) in [5.74, 6) is 0. The average molecular weight is 637 g/mol. The summed E-state index contributed by atoms with van der Waals surface area (Å²) in [5.41, 5.74) is 4.94. The summed E-state index contributed by atoms with van der Waals surface area (Å²) >= 11 is -1.56. The van der Waals surface area contributed by atoms with Crippen molar-refractivity contribution < 1.29 is 74.4 Å². The van der Waals surface area contributed by atoms with Gasteiger partial charge in [-0.2, -0.15) is 0 Å². The SMILES string of the molecule is CC1=C(C)[C]([Zr+2][C]2=C(c3cc(C(F)(F)F)cc(C(F)(F)F)c3)CC(C)=C2C)=C(c2ccccc2)C1.[Cl-].[Cl-]. The van der Waals surface area contributed by atoms with Crippen LogP contribution in [-0.2, 0) is 35.6 Å². The molecule has 37 heavy (non-hydrogen) atoms. The Hall–Kier alpha value is -1.56. The van der Waals surface area contributed by atoms with Crippen LogP contribution in [0.25, 0.3) is 11.1 Å². The monoisotopic (exact) mass is 634 g/mol. The van der Waals surface area contributed by atoms with Crippen molar-refractivity contribution in [3.63, 3.8) is 0 Å². The first-order chi connectivity index (χ1) is 16.3. The topological polar surface area (TPSA) is 0 Å². The minimum atomic E-state index is -4.86. The van der Waals surface area contributed by atoms with Crippen molar-refractivity contribution in [2.75, 3.05) is 0 Å². The van der Waals surface area contributed by atoms with Gasteiger partial charge in [0.05, 0.1) is 0 Å². The molecule has 0 amide bonds. The Kier molecular flexibility index (Phi) is 9.99. The maximum absolute atomic E-state index is 13.5. The summed E-state index contributed by atoms with van der Waals surface area (Å²) in [4.78, 5) is 0. The maximum Gasteiger partial charge on any atom is -1.00 e. The van der Waals surface area contributed by atoms with Crippen molar-refractivity contribution in [2.24, 2.45) is 0 Å². The molecule has 0 bridgehead atoms. The zero-order valence-electron chi connectivity index (χ0n) is 20.6. The second-order valence-corrected chi connectivity index (χ2v) is 12.2. The van der Waals surface area contributed by atoms with E-state index in [9.17, 15) is 26.3 Å². The van der Waals surface area contributed by atoms with Gasteiger partial charge >= 0.3 is 213 Å². The van der Waals surface area contributed by atoms with Gasteiger partial charge in [-0.1, -0.05) is 0 Å². The zero-order valence-corrected chi connectivity index (χ0v) is 24.5. The average Bonchev–Trinajstić information content (AvgIpc) is 3.23. The fraction of sp³-hybridized carbons (Fsp3) is 0.286. The second-order valence-electron chi connectivity index (χ2n) is 9.16. The number of benzene rings is 2. The first-order valence-corrected chi connectivity index (χ1v) is 13.6. The van der Waals surface area contributed by atoms with Gasteiger partial charge in [0.25, 0.3) is 0 Å². The van der Waals surface area contributed by atoms with Crippen molar-refractivity contribution in [1.82, 2.24) is 0 Å². The van der Waals surface area contributed by atoms with E-state index in [0.717, 1.165) is 38.5 Å². The molecule has 2 aliphatic rings. The Labute approximate surface area is 237 Å². The number of rotatable bonds is 4. The van der Waals surface area contributed by atoms with Crippen LogP contribution in [0.15, 0.2) is 77.4 Å². The van der Waals surface area contributed by atoms with E-state index in [1.807, 2.05) is 32.0 Å². The molecule has 0 spiro atoms. The summed E-state index contributed by atoms with van der Waals surface area (Å²) < 4.78 is 83.5. The molecule has 4 rings (SSSR count). The van der Waals surface area contributed by atoms with Crippen LogP contribution < -0.4 is 24.8 Å². The maximum atomic E-state index is 13.5. The van der Waals surface area contributed by atoms with Crippen molar-refractivity contribution in [2.45, 2.75) is 52.9 Å². The predicted molar refractivity (Wildman–Crippen MR) is 123 cm³/mol. The van der Waals surface area contributed by atoms with Crippen molar-refractivity contribution in [3.05, 3.63) is 99.6 Å². The van der Waals surface area contributed by atoms with Crippen molar-refractivity contribution >= 4 is 11.1 Å². The molecule has 2 aliphatic carbocycles. The molecule has 0 aromatic heterocycles. The van der Waals surface area contributed by atoms with Crippen LogP contribution in [-0.4, -0.2) is 0 Å². The molecule has 0 heterocycles. The van der Waals surface area contributed by atoms with E-state index >= 15 is 0 Å². The Morgan fingerprint density at radius 2 is 1.00 bits per heavy atom. The van der Waals surface area contributed by atoms with E-state index in [4.69, 9.17) is 0 Å². The largest absolute Gasteiger partial charge is 1.00 e. The summed E-state index contributed by atoms with van der Waals surface area (Å²) in [6.07, 6.45) is -8.54. The summed E-state index contributed by atoms with van der Waals surface area (Å²) in [6, 6.07) is 12.0. The molecule has 0 saturated carbocycles. The minimum absolute atomic E-state index is 0. The van der Waals surface area contributed by atoms with Crippen molar-refractivity contribution in [1.29, 1.82) is 0 Å². The van der Waals surface area contributed by atoms with Crippen LogP contribution >= 0.6 is 0 Å². The molecular weight excluding hydrogens is 612 g/mol. The van der Waals surface area contributed by atoms with E-state index in [1.54, 1.807) is 0 Å². The molecule has 196 valence electrons. The van der Waals surface area contributed by atoms with Crippen LogP contribution in [0.5, 0.6) is 0 Å². The van der Waals surface area contributed by atoms with Gasteiger partial charge in [-0.05, 0) is 0 Å². The third-order valence-corrected chi connectivity index (χ3v) is 11.4. The predicted octanol–water partition coefficient (Wildman–Crippen LogP) is 3.42. The molecule has 0 nitrogen and oxygen atoms in total. The number of alkyl halides is 6. The number of hydrogen-bond acceptors (Lipinski definition) is 0. The van der Waals surface area contributed by atoms with Gasteiger partial charge in [0, 0.05) is 0 Å². The molecule has 0 aliphatic heterocycles. The summed E-state index contributed by atoms with van der Waals surface area (Å²) in [5, 5.41) is 0. The third-order valence-electron chi connectivity index (χ3n) is 6.83. The van der Waals surface area contributed by atoms with Crippen LogP contribution in [0.4, 0.5) is 26.3 Å². The van der Waals surface area contributed by atoms with Gasteiger partial charge in [-0.3, -0.25) is 0 Å². The normalized spacial score (nSPS) is 16.3. The Balaban J connectivity index is 0.00000241. The minimum Gasteiger partial charge on any atom is -1.00 e. The van der Waals surface area contributed by atoms with Gasteiger partial charge in [-0.15, -0.1) is 0 Å². The molecule has 9 heteroatoms. The van der Waals surface area contributed by atoms with Gasteiger partial charge < -0.3 is 24.8 Å². The molecule has 0 fully saturated rings. The van der Waals surface area contributed by atoms with E-state index in [2.05, 4.69) is 26.0 Å². The number of allylic oxidation sites excluding steroid dienone is 8. The quantitative estimate of drug-likeness (QED) is 0.452. The van der Waals surface area contributed by atoms with E-state index in [0.29, 0.717) is 12.0 Å². The third kappa shape index (κ3) is 6.54. The Morgan fingerprint density at radius 1 is 0.595 bits per heavy atom. The van der Waals surface area contributed by atoms with Crippen LogP contribution in [0, 0.1) is 0 Å². The molecule has 0 N–H and O–H groups in total. The van der Waals surface area contributed by atoms with Crippen LogP contribution in [0.1, 0.15) is 62.8 Å². The standard InChI is InChI=1S/C15H11F6.C13H13.2ClH.Zr/c1-8-3-10(4-9(8)2)11-5-12(14(16,17)18)7-13(6-11)15(19,20)21;1-10-8-13(9-11(10)2)12-6-4-3-5-7-12;;;/h5-7H,3H2,1-2H3;3-7H,8H2,1-2H3;2*1H;/q;;;;+2/p-2. The molecule has 2 aromatic rings. The number of halogens is 8. The first kappa shape index (κ1) is 31.7. The first-order valence-electron chi connectivity index (χ1n) is 11.2. The Bertz CT molecular complexity index is 1280. The molecule has 2 aromatic carbocycles. The summed E-state index contributed by atoms with van der Waals surface area (Å²) in [7, 11) is 0. The van der Waals surface area contributed by atoms with E-state index < -0.39 is 46.7 Å². The second kappa shape index (κ2) is 11.7. The smallest absolute Gasteiger partial charge is 1.00 e. The van der Waals surface area contributed by atoms with Gasteiger partial charge in [0.1, 0.15) is 0 Å². The molecule has 0 saturated heterocycles. The van der Waals surface area contributed by atoms with Crippen LogP contribution in [0.3, 0.4) is 0 Å². The van der Waals surface area contributed by atoms with E-state index in [1.165, 1.54) is 20.0 Å². The fourth-order valence-electron chi connectivity index (χ4n) is 4.58. The van der Waals surface area contributed by atoms with Crippen LogP contribution in [0.2, 0.25) is 0 Å². The zero-order chi connectivity index (χ0) is 25.7. The molecular formula is C28H24Cl2F6Zr. The summed E-state index contributed by atoms with van der Waals surface area (Å²) in [6.45, 7) is 8.02. The molecule has 0 unspecified atom stereocenters. The fourth-order valence-corrected chi connectivity index (χ4v) is 9.05. The van der Waals surface area contributed by atoms with Gasteiger partial charge in [-0.25, -0.2) is 0 Å². The Morgan fingerprint density at radius 3 is 1.41 bits per heavy atom. The van der Waals surface area contributed by atoms with E-state index in [-0.39, 0.29) is 36.4 Å². The number of hydrogen-bond donors (Lipinski definition) is 0. The van der Waals surface area contributed by atoms with Crippen molar-refractivity contribution in [3.8, 4) is 0 Å². The van der Waals surface area contributed by atoms with Gasteiger partial charge in [0.15, 0.2) is 0 Å². The molecule has 0 atom stereocenters. The van der Waals surface area contributed by atoms with Gasteiger partial charge in [0.2, 0.25) is 0 Å².